The second-order valence-corrected chi connectivity index (χ2v) is 5.14. The summed E-state index contributed by atoms with van der Waals surface area (Å²) in [6, 6.07) is 4.72. The summed E-state index contributed by atoms with van der Waals surface area (Å²) < 4.78 is 36.9. The number of ketones is 1. The normalized spacial score (nSPS) is 17.0. The Hall–Kier alpha value is -1.76. The number of phenols is 1. The molecule has 1 N–H and O–H groups in total. The number of aromatic hydroxyl groups is 1. The second kappa shape index (κ2) is 5.93. The molecule has 0 unspecified atom stereocenters. The molecule has 0 aromatic heterocycles. The maximum absolute atomic E-state index is 12.3. The number of halogens is 3. The Balaban J connectivity index is 1.99. The molecule has 2 rings (SSSR count). The Labute approximate surface area is 120 Å². The Morgan fingerprint density at radius 1 is 1.24 bits per heavy atom. The number of hydrogen-bond acceptors (Lipinski definition) is 4. The summed E-state index contributed by atoms with van der Waals surface area (Å²) in [6.07, 6.45) is -4.18. The highest BCUT2D eigenvalue weighted by Gasteiger charge is 2.32. The molecule has 0 atom stereocenters. The number of phenolic OH excluding ortho intramolecular Hbond substituents is 1. The molecule has 1 heterocycles. The number of Topliss-reactive ketones (excluding diaryl/α,β-unsaturated/α-hetero) is 1. The number of anilines is 1. The molecule has 0 saturated carbocycles. The van der Waals surface area contributed by atoms with Crippen LogP contribution in [0.15, 0.2) is 18.2 Å². The summed E-state index contributed by atoms with van der Waals surface area (Å²) in [7, 11) is 0. The van der Waals surface area contributed by atoms with Crippen LogP contribution in [0.1, 0.15) is 17.3 Å². The van der Waals surface area contributed by atoms with Gasteiger partial charge in [0.1, 0.15) is 5.75 Å². The molecule has 0 radical (unpaired) electrons. The standard InChI is InChI=1S/C14H17F3N2O2/c1-10(20)12-3-2-11(8-13(12)21)19-6-4-18(5-7-19)9-14(15,16)17/h2-3,8,21H,4-7,9H2,1H3. The van der Waals surface area contributed by atoms with E-state index in [9.17, 15) is 23.1 Å². The van der Waals surface area contributed by atoms with Gasteiger partial charge < -0.3 is 10.0 Å². The van der Waals surface area contributed by atoms with Crippen molar-refractivity contribution in [2.45, 2.75) is 13.1 Å². The summed E-state index contributed by atoms with van der Waals surface area (Å²) in [4.78, 5) is 14.5. The number of carbonyl (C=O) groups is 1. The summed E-state index contributed by atoms with van der Waals surface area (Å²) in [5, 5.41) is 9.79. The van der Waals surface area contributed by atoms with Crippen molar-refractivity contribution in [3.8, 4) is 5.75 Å². The van der Waals surface area contributed by atoms with Crippen LogP contribution in [0.5, 0.6) is 5.75 Å². The van der Waals surface area contributed by atoms with Crippen LogP contribution in [0, 0.1) is 0 Å². The first-order valence-corrected chi connectivity index (χ1v) is 6.64. The molecule has 7 heteroatoms. The largest absolute Gasteiger partial charge is 0.507 e. The van der Waals surface area contributed by atoms with Gasteiger partial charge in [-0.1, -0.05) is 0 Å². The highest BCUT2D eigenvalue weighted by atomic mass is 19.4. The predicted molar refractivity (Wildman–Crippen MR) is 72.8 cm³/mol. The van der Waals surface area contributed by atoms with Gasteiger partial charge >= 0.3 is 6.18 Å². The fourth-order valence-electron chi connectivity index (χ4n) is 2.43. The zero-order valence-electron chi connectivity index (χ0n) is 11.7. The van der Waals surface area contributed by atoms with Crippen molar-refractivity contribution in [1.29, 1.82) is 0 Å². The van der Waals surface area contributed by atoms with E-state index in [0.717, 1.165) is 0 Å². The number of carbonyl (C=O) groups excluding carboxylic acids is 1. The van der Waals surface area contributed by atoms with Gasteiger partial charge in [-0.15, -0.1) is 0 Å². The van der Waals surface area contributed by atoms with E-state index in [1.54, 1.807) is 6.07 Å². The minimum atomic E-state index is -4.18. The molecule has 1 aliphatic rings. The van der Waals surface area contributed by atoms with Crippen LogP contribution in [-0.2, 0) is 0 Å². The number of benzene rings is 1. The quantitative estimate of drug-likeness (QED) is 0.870. The average molecular weight is 302 g/mol. The Morgan fingerprint density at radius 3 is 2.33 bits per heavy atom. The zero-order valence-corrected chi connectivity index (χ0v) is 11.7. The number of alkyl halides is 3. The SMILES string of the molecule is CC(=O)c1ccc(N2CCN(CC(F)(F)F)CC2)cc1O. The first kappa shape index (κ1) is 15.6. The lowest BCUT2D eigenvalue weighted by molar-refractivity contribution is -0.146. The summed E-state index contributed by atoms with van der Waals surface area (Å²) in [5.41, 5.74) is 0.957. The van der Waals surface area contributed by atoms with E-state index in [1.165, 1.54) is 24.0 Å². The van der Waals surface area contributed by atoms with Gasteiger partial charge in [-0.3, -0.25) is 9.69 Å². The number of nitrogens with zero attached hydrogens (tertiary/aromatic N) is 2. The van der Waals surface area contributed by atoms with Crippen LogP contribution in [-0.4, -0.2) is 54.7 Å². The molecule has 0 spiro atoms. The number of rotatable bonds is 3. The third kappa shape index (κ3) is 4.10. The van der Waals surface area contributed by atoms with Crippen LogP contribution in [0.25, 0.3) is 0 Å². The highest BCUT2D eigenvalue weighted by molar-refractivity contribution is 5.97. The molecule has 0 bridgehead atoms. The van der Waals surface area contributed by atoms with Gasteiger partial charge in [-0.05, 0) is 19.1 Å². The van der Waals surface area contributed by atoms with Gasteiger partial charge in [0, 0.05) is 37.9 Å². The lowest BCUT2D eigenvalue weighted by Crippen LogP contribution is -2.49. The van der Waals surface area contributed by atoms with E-state index in [4.69, 9.17) is 0 Å². The molecule has 1 aliphatic heterocycles. The third-order valence-electron chi connectivity index (χ3n) is 3.50. The third-order valence-corrected chi connectivity index (χ3v) is 3.50. The van der Waals surface area contributed by atoms with Gasteiger partial charge in [-0.25, -0.2) is 0 Å². The highest BCUT2D eigenvalue weighted by Crippen LogP contribution is 2.26. The minimum Gasteiger partial charge on any atom is -0.507 e. The van der Waals surface area contributed by atoms with E-state index < -0.39 is 12.7 Å². The van der Waals surface area contributed by atoms with Crippen LogP contribution in [0.2, 0.25) is 0 Å². The molecular formula is C14H17F3N2O2. The molecular weight excluding hydrogens is 285 g/mol. The molecule has 1 aromatic rings. The van der Waals surface area contributed by atoms with Crippen molar-refractivity contribution in [1.82, 2.24) is 4.90 Å². The van der Waals surface area contributed by atoms with E-state index in [1.807, 2.05) is 4.90 Å². The average Bonchev–Trinajstić information content (AvgIpc) is 2.37. The Bertz CT molecular complexity index is 523. The first-order chi connectivity index (χ1) is 9.76. The zero-order chi connectivity index (χ0) is 15.6. The van der Waals surface area contributed by atoms with E-state index in [0.29, 0.717) is 31.9 Å². The summed E-state index contributed by atoms with van der Waals surface area (Å²) >= 11 is 0. The molecule has 116 valence electrons. The van der Waals surface area contributed by atoms with Crippen molar-refractivity contribution in [2.75, 3.05) is 37.6 Å². The molecule has 4 nitrogen and oxygen atoms in total. The number of hydrogen-bond donors (Lipinski definition) is 1. The monoisotopic (exact) mass is 302 g/mol. The van der Waals surface area contributed by atoms with E-state index >= 15 is 0 Å². The first-order valence-electron chi connectivity index (χ1n) is 6.64. The summed E-state index contributed by atoms with van der Waals surface area (Å²) in [5.74, 6) is -0.327. The molecule has 0 amide bonds. The molecule has 1 aromatic carbocycles. The molecule has 1 saturated heterocycles. The van der Waals surface area contributed by atoms with Gasteiger partial charge in [0.25, 0.3) is 0 Å². The van der Waals surface area contributed by atoms with Gasteiger partial charge in [0.2, 0.25) is 0 Å². The predicted octanol–water partition coefficient (Wildman–Crippen LogP) is 2.28. The topological polar surface area (TPSA) is 43.8 Å². The van der Waals surface area contributed by atoms with Crippen LogP contribution in [0.3, 0.4) is 0 Å². The fourth-order valence-corrected chi connectivity index (χ4v) is 2.43. The molecule has 1 fully saturated rings. The lowest BCUT2D eigenvalue weighted by Gasteiger charge is -2.36. The van der Waals surface area contributed by atoms with E-state index in [-0.39, 0.29) is 17.1 Å². The van der Waals surface area contributed by atoms with Gasteiger partial charge in [0.15, 0.2) is 5.78 Å². The van der Waals surface area contributed by atoms with Gasteiger partial charge in [-0.2, -0.15) is 13.2 Å². The maximum Gasteiger partial charge on any atom is 0.401 e. The van der Waals surface area contributed by atoms with Crippen molar-refractivity contribution in [2.24, 2.45) is 0 Å². The molecule has 0 aliphatic carbocycles. The Morgan fingerprint density at radius 2 is 1.86 bits per heavy atom. The maximum atomic E-state index is 12.3. The van der Waals surface area contributed by atoms with Crippen molar-refractivity contribution in [3.05, 3.63) is 23.8 Å². The van der Waals surface area contributed by atoms with Crippen LogP contribution >= 0.6 is 0 Å². The Kier molecular flexibility index (Phi) is 4.41. The number of piperazine rings is 1. The summed E-state index contributed by atoms with van der Waals surface area (Å²) in [6.45, 7) is 2.01. The lowest BCUT2D eigenvalue weighted by atomic mass is 10.1. The van der Waals surface area contributed by atoms with Crippen molar-refractivity contribution >= 4 is 11.5 Å². The van der Waals surface area contributed by atoms with Crippen LogP contribution < -0.4 is 4.90 Å². The fraction of sp³-hybridized carbons (Fsp3) is 0.500. The van der Waals surface area contributed by atoms with Gasteiger partial charge in [0.05, 0.1) is 12.1 Å². The van der Waals surface area contributed by atoms with Crippen LogP contribution in [0.4, 0.5) is 18.9 Å². The molecule has 21 heavy (non-hydrogen) atoms. The van der Waals surface area contributed by atoms with Crippen molar-refractivity contribution in [3.63, 3.8) is 0 Å². The second-order valence-electron chi connectivity index (χ2n) is 5.14. The van der Waals surface area contributed by atoms with Crippen molar-refractivity contribution < 1.29 is 23.1 Å². The smallest absolute Gasteiger partial charge is 0.401 e. The minimum absolute atomic E-state index is 0.0993. The van der Waals surface area contributed by atoms with E-state index in [2.05, 4.69) is 0 Å².